The average molecular weight is 525 g/mol. The van der Waals surface area contributed by atoms with Crippen LogP contribution < -0.4 is 5.32 Å². The fourth-order valence-electron chi connectivity index (χ4n) is 4.92. The summed E-state index contributed by atoms with van der Waals surface area (Å²) in [6.07, 6.45) is 8.60. The van der Waals surface area contributed by atoms with E-state index in [-0.39, 0.29) is 0 Å². The number of nitrogens with zero attached hydrogens (tertiary/aromatic N) is 5. The van der Waals surface area contributed by atoms with Gasteiger partial charge in [0.25, 0.3) is 0 Å². The van der Waals surface area contributed by atoms with Crippen molar-refractivity contribution in [1.29, 1.82) is 0 Å². The summed E-state index contributed by atoms with van der Waals surface area (Å²) in [4.78, 5) is 21.3. The molecule has 5 aromatic heterocycles. The van der Waals surface area contributed by atoms with Gasteiger partial charge >= 0.3 is 0 Å². The highest BCUT2D eigenvalue weighted by molar-refractivity contribution is 5.97. The van der Waals surface area contributed by atoms with E-state index in [0.717, 1.165) is 49.9 Å². The highest BCUT2D eigenvalue weighted by atomic mass is 16.3. The minimum atomic E-state index is -0.736. The van der Waals surface area contributed by atoms with Gasteiger partial charge < -0.3 is 15.4 Å². The minimum absolute atomic E-state index is 0.490. The molecule has 7 rings (SSSR count). The van der Waals surface area contributed by atoms with Crippen molar-refractivity contribution in [3.63, 3.8) is 0 Å². The minimum Gasteiger partial charge on any atom is -0.373 e. The Morgan fingerprint density at radius 1 is 0.825 bits per heavy atom. The maximum absolute atomic E-state index is 10.6. The number of H-pyrrole nitrogens is 2. The number of hydrogen-bond donors (Lipinski definition) is 4. The summed E-state index contributed by atoms with van der Waals surface area (Å²) >= 11 is 0. The molecule has 9 heteroatoms. The normalized spacial score (nSPS) is 12.1. The van der Waals surface area contributed by atoms with Gasteiger partial charge in [-0.05, 0) is 41.5 Å². The van der Waals surface area contributed by atoms with Crippen molar-refractivity contribution in [1.82, 2.24) is 35.1 Å². The number of nitrogens with one attached hydrogen (secondary N) is 3. The number of aliphatic hydroxyl groups is 1. The molecule has 0 radical (unpaired) electrons. The molecule has 9 nitrogen and oxygen atoms in total. The smallest absolute Gasteiger partial charge is 0.178 e. The molecule has 0 saturated heterocycles. The van der Waals surface area contributed by atoms with Gasteiger partial charge in [0.1, 0.15) is 11.9 Å². The molecule has 1 atom stereocenters. The summed E-state index contributed by atoms with van der Waals surface area (Å²) in [6, 6.07) is 23.8. The van der Waals surface area contributed by atoms with Gasteiger partial charge in [-0.2, -0.15) is 5.10 Å². The number of benzene rings is 2. The Hall–Kier alpha value is -5.41. The van der Waals surface area contributed by atoms with Crippen LogP contribution in [0.4, 0.5) is 5.69 Å². The molecular weight excluding hydrogens is 500 g/mol. The van der Waals surface area contributed by atoms with Crippen LogP contribution in [0.5, 0.6) is 0 Å². The van der Waals surface area contributed by atoms with Crippen molar-refractivity contribution in [3.8, 4) is 33.8 Å². The average Bonchev–Trinajstić information content (AvgIpc) is 3.62. The lowest BCUT2D eigenvalue weighted by Gasteiger charge is -2.15. The Labute approximate surface area is 229 Å². The van der Waals surface area contributed by atoms with Gasteiger partial charge in [-0.25, -0.2) is 9.97 Å². The lowest BCUT2D eigenvalue weighted by molar-refractivity contribution is 0.204. The molecule has 40 heavy (non-hydrogen) atoms. The topological polar surface area (TPSA) is 128 Å². The van der Waals surface area contributed by atoms with E-state index in [2.05, 4.69) is 41.5 Å². The van der Waals surface area contributed by atoms with Gasteiger partial charge in [-0.3, -0.25) is 15.1 Å². The molecule has 0 bridgehead atoms. The summed E-state index contributed by atoms with van der Waals surface area (Å²) in [5.41, 5.74) is 8.66. The zero-order chi connectivity index (χ0) is 26.9. The lowest BCUT2D eigenvalue weighted by atomic mass is 10.0. The third-order valence-corrected chi connectivity index (χ3v) is 6.83. The number of pyridine rings is 3. The number of anilines is 1. The molecule has 0 aliphatic heterocycles. The second-order valence-electron chi connectivity index (χ2n) is 9.53. The Morgan fingerprint density at radius 3 is 2.60 bits per heavy atom. The molecular formula is C31H24N8O. The Kier molecular flexibility index (Phi) is 5.95. The van der Waals surface area contributed by atoms with E-state index in [1.54, 1.807) is 24.8 Å². The third kappa shape index (κ3) is 4.55. The highest BCUT2D eigenvalue weighted by Crippen LogP contribution is 2.32. The molecule has 0 spiro atoms. The molecule has 2 aromatic carbocycles. The van der Waals surface area contributed by atoms with E-state index in [4.69, 9.17) is 4.98 Å². The van der Waals surface area contributed by atoms with Crippen molar-refractivity contribution in [2.45, 2.75) is 12.6 Å². The first-order valence-electron chi connectivity index (χ1n) is 12.9. The SMILES string of the molecule is OC(Cc1ccccc1)Nc1cncc(-c2ccc3[nH]nc(-c4nc5nccc(-c6cccnc6)c5[nH]4)c3c2)c1. The van der Waals surface area contributed by atoms with Crippen molar-refractivity contribution in [2.75, 3.05) is 5.32 Å². The van der Waals surface area contributed by atoms with Crippen molar-refractivity contribution in [3.05, 3.63) is 109 Å². The quantitative estimate of drug-likeness (QED) is 0.200. The standard InChI is InChI=1S/C31H24N8O/c40-27(13-19-5-2-1-3-6-19)35-23-14-22(17-33-18-23)20-8-9-26-25(15-20)29(39-38-26)31-36-28-24(10-12-34-30(28)37-31)21-7-4-11-32-16-21/h1-12,14-18,27,35,40H,13H2,(H,38,39)(H,34,36,37). The van der Waals surface area contributed by atoms with Crippen LogP contribution in [0.15, 0.2) is 104 Å². The number of hydrogen-bond acceptors (Lipinski definition) is 7. The maximum Gasteiger partial charge on any atom is 0.178 e. The second kappa shape index (κ2) is 10.0. The van der Waals surface area contributed by atoms with Gasteiger partial charge in [0, 0.05) is 53.3 Å². The van der Waals surface area contributed by atoms with Gasteiger partial charge in [-0.15, -0.1) is 0 Å². The molecule has 4 N–H and O–H groups in total. The van der Waals surface area contributed by atoms with Crippen LogP contribution >= 0.6 is 0 Å². The predicted octanol–water partition coefficient (Wildman–Crippen LogP) is 5.60. The number of aliphatic hydroxyl groups excluding tert-OH is 1. The first-order valence-corrected chi connectivity index (χ1v) is 12.9. The molecule has 0 fully saturated rings. The van der Waals surface area contributed by atoms with Crippen LogP contribution in [0, 0.1) is 0 Å². The van der Waals surface area contributed by atoms with E-state index in [9.17, 15) is 5.11 Å². The summed E-state index contributed by atoms with van der Waals surface area (Å²) in [5, 5.41) is 22.3. The Morgan fingerprint density at radius 2 is 1.73 bits per heavy atom. The van der Waals surface area contributed by atoms with Crippen LogP contribution in [-0.4, -0.2) is 46.5 Å². The molecule has 0 saturated carbocycles. The molecule has 7 aromatic rings. The fourth-order valence-corrected chi connectivity index (χ4v) is 4.92. The monoisotopic (exact) mass is 524 g/mol. The first kappa shape index (κ1) is 23.7. The molecule has 0 amide bonds. The second-order valence-corrected chi connectivity index (χ2v) is 9.53. The third-order valence-electron chi connectivity index (χ3n) is 6.83. The van der Waals surface area contributed by atoms with Crippen molar-refractivity contribution >= 4 is 27.8 Å². The number of rotatable bonds is 7. The lowest BCUT2D eigenvalue weighted by Crippen LogP contribution is -2.21. The number of fused-ring (bicyclic) bond motifs is 2. The predicted molar refractivity (Wildman–Crippen MR) is 155 cm³/mol. The van der Waals surface area contributed by atoms with E-state index in [1.165, 1.54) is 0 Å². The number of aromatic amines is 2. The fraction of sp³-hybridized carbons (Fsp3) is 0.0645. The molecule has 5 heterocycles. The van der Waals surface area contributed by atoms with Crippen molar-refractivity contribution in [2.24, 2.45) is 0 Å². The van der Waals surface area contributed by atoms with Gasteiger partial charge in [-0.1, -0.05) is 42.5 Å². The highest BCUT2D eigenvalue weighted by Gasteiger charge is 2.17. The molecule has 0 aliphatic carbocycles. The Bertz CT molecular complexity index is 1930. The largest absolute Gasteiger partial charge is 0.373 e. The summed E-state index contributed by atoms with van der Waals surface area (Å²) in [7, 11) is 0. The first-order chi connectivity index (χ1) is 19.7. The van der Waals surface area contributed by atoms with Crippen LogP contribution in [0.1, 0.15) is 5.56 Å². The molecule has 194 valence electrons. The van der Waals surface area contributed by atoms with E-state index < -0.39 is 6.23 Å². The van der Waals surface area contributed by atoms with Crippen molar-refractivity contribution < 1.29 is 5.11 Å². The Balaban J connectivity index is 1.21. The number of aromatic nitrogens is 7. The van der Waals surface area contributed by atoms with Gasteiger partial charge in [0.2, 0.25) is 0 Å². The van der Waals surface area contributed by atoms with E-state index in [0.29, 0.717) is 23.6 Å². The molecule has 0 aliphatic rings. The van der Waals surface area contributed by atoms with E-state index >= 15 is 0 Å². The summed E-state index contributed by atoms with van der Waals surface area (Å²) in [5.74, 6) is 0.625. The number of imidazole rings is 1. The van der Waals surface area contributed by atoms with Crippen LogP contribution in [0.2, 0.25) is 0 Å². The zero-order valence-electron chi connectivity index (χ0n) is 21.3. The zero-order valence-corrected chi connectivity index (χ0v) is 21.3. The van der Waals surface area contributed by atoms with Crippen LogP contribution in [0.25, 0.3) is 55.8 Å². The summed E-state index contributed by atoms with van der Waals surface area (Å²) in [6.45, 7) is 0. The molecule has 1 unspecified atom stereocenters. The van der Waals surface area contributed by atoms with Crippen LogP contribution in [-0.2, 0) is 6.42 Å². The van der Waals surface area contributed by atoms with Crippen LogP contribution in [0.3, 0.4) is 0 Å². The summed E-state index contributed by atoms with van der Waals surface area (Å²) < 4.78 is 0. The van der Waals surface area contributed by atoms with Gasteiger partial charge in [0.05, 0.1) is 22.9 Å². The maximum atomic E-state index is 10.6. The van der Waals surface area contributed by atoms with E-state index in [1.807, 2.05) is 72.9 Å². The van der Waals surface area contributed by atoms with Gasteiger partial charge in [0.15, 0.2) is 11.5 Å².